The van der Waals surface area contributed by atoms with Crippen LogP contribution in [0.2, 0.25) is 0 Å². The Hall–Kier alpha value is -1.14. The van der Waals surface area contributed by atoms with Crippen LogP contribution in [0, 0.1) is 0 Å². The molecule has 2 saturated heterocycles. The standard InChI is InChI=1S/C14H19BrN4O/c15-12-7-11(8-17-9-12)10-18-5-6-19(14(18)20)13-1-3-16-4-2-13/h7-9,13,16H,1-6,10H2. The Morgan fingerprint density at radius 1 is 1.30 bits per heavy atom. The molecule has 0 atom stereocenters. The summed E-state index contributed by atoms with van der Waals surface area (Å²) in [5, 5.41) is 3.35. The highest BCUT2D eigenvalue weighted by molar-refractivity contribution is 9.10. The highest BCUT2D eigenvalue weighted by atomic mass is 79.9. The van der Waals surface area contributed by atoms with Gasteiger partial charge in [-0.05, 0) is 53.5 Å². The van der Waals surface area contributed by atoms with E-state index in [1.807, 2.05) is 22.1 Å². The molecule has 5 nitrogen and oxygen atoms in total. The molecular formula is C14H19BrN4O. The van der Waals surface area contributed by atoms with E-state index in [1.165, 1.54) is 0 Å². The fourth-order valence-corrected chi connectivity index (χ4v) is 3.38. The van der Waals surface area contributed by atoms with Crippen LogP contribution in [0.4, 0.5) is 4.79 Å². The van der Waals surface area contributed by atoms with Gasteiger partial charge < -0.3 is 15.1 Å². The Balaban J connectivity index is 1.63. The zero-order chi connectivity index (χ0) is 13.9. The number of rotatable bonds is 3. The van der Waals surface area contributed by atoms with Gasteiger partial charge in [0, 0.05) is 42.5 Å². The quantitative estimate of drug-likeness (QED) is 0.914. The van der Waals surface area contributed by atoms with Gasteiger partial charge in [-0.25, -0.2) is 4.79 Å². The third kappa shape index (κ3) is 2.96. The summed E-state index contributed by atoms with van der Waals surface area (Å²) in [6.07, 6.45) is 5.72. The van der Waals surface area contributed by atoms with Gasteiger partial charge in [0.2, 0.25) is 0 Å². The van der Waals surface area contributed by atoms with Gasteiger partial charge in [0.05, 0.1) is 0 Å². The highest BCUT2D eigenvalue weighted by Gasteiger charge is 2.33. The summed E-state index contributed by atoms with van der Waals surface area (Å²) in [5.74, 6) is 0. The summed E-state index contributed by atoms with van der Waals surface area (Å²) in [7, 11) is 0. The van der Waals surface area contributed by atoms with Crippen LogP contribution < -0.4 is 5.32 Å². The molecule has 0 spiro atoms. The minimum atomic E-state index is 0.178. The Bertz CT molecular complexity index is 490. The number of carbonyl (C=O) groups is 1. The molecule has 0 bridgehead atoms. The monoisotopic (exact) mass is 338 g/mol. The number of pyridine rings is 1. The van der Waals surface area contributed by atoms with Crippen LogP contribution in [0.1, 0.15) is 18.4 Å². The lowest BCUT2D eigenvalue weighted by Crippen LogP contribution is -2.45. The Kier molecular flexibility index (Phi) is 4.21. The van der Waals surface area contributed by atoms with Gasteiger partial charge >= 0.3 is 6.03 Å². The third-order valence-electron chi connectivity index (χ3n) is 4.01. The van der Waals surface area contributed by atoms with Crippen molar-refractivity contribution in [2.24, 2.45) is 0 Å². The summed E-state index contributed by atoms with van der Waals surface area (Å²) < 4.78 is 0.955. The summed E-state index contributed by atoms with van der Waals surface area (Å²) in [5.41, 5.74) is 1.07. The smallest absolute Gasteiger partial charge is 0.320 e. The van der Waals surface area contributed by atoms with Crippen molar-refractivity contribution in [2.45, 2.75) is 25.4 Å². The first-order chi connectivity index (χ1) is 9.74. The summed E-state index contributed by atoms with van der Waals surface area (Å²) in [6.45, 7) is 4.35. The molecule has 2 aliphatic rings. The number of nitrogens with zero attached hydrogens (tertiary/aromatic N) is 3. The molecule has 3 heterocycles. The van der Waals surface area contributed by atoms with E-state index in [0.717, 1.165) is 49.1 Å². The van der Waals surface area contributed by atoms with Crippen molar-refractivity contribution >= 4 is 22.0 Å². The van der Waals surface area contributed by atoms with E-state index < -0.39 is 0 Å². The maximum Gasteiger partial charge on any atom is 0.320 e. The van der Waals surface area contributed by atoms with Gasteiger partial charge in [0.1, 0.15) is 0 Å². The van der Waals surface area contributed by atoms with Gasteiger partial charge in [0.15, 0.2) is 0 Å². The summed E-state index contributed by atoms with van der Waals surface area (Å²) in [4.78, 5) is 20.6. The lowest BCUT2D eigenvalue weighted by atomic mass is 10.1. The zero-order valence-electron chi connectivity index (χ0n) is 11.4. The van der Waals surface area contributed by atoms with Crippen LogP contribution >= 0.6 is 15.9 Å². The first kappa shape index (κ1) is 13.8. The van der Waals surface area contributed by atoms with Crippen LogP contribution in [0.25, 0.3) is 0 Å². The number of amides is 2. The fourth-order valence-electron chi connectivity index (χ4n) is 2.97. The summed E-state index contributed by atoms with van der Waals surface area (Å²) in [6, 6.07) is 2.61. The first-order valence-corrected chi connectivity index (χ1v) is 7.89. The molecule has 108 valence electrons. The second kappa shape index (κ2) is 6.10. The second-order valence-electron chi connectivity index (χ2n) is 5.39. The van der Waals surface area contributed by atoms with E-state index in [9.17, 15) is 4.79 Å². The van der Waals surface area contributed by atoms with Crippen LogP contribution in [0.3, 0.4) is 0 Å². The van der Waals surface area contributed by atoms with Crippen molar-refractivity contribution in [3.05, 3.63) is 28.5 Å². The molecule has 1 aromatic heterocycles. The van der Waals surface area contributed by atoms with E-state index >= 15 is 0 Å². The predicted molar refractivity (Wildman–Crippen MR) is 80.3 cm³/mol. The lowest BCUT2D eigenvalue weighted by molar-refractivity contribution is 0.164. The van der Waals surface area contributed by atoms with Crippen molar-refractivity contribution < 1.29 is 4.79 Å². The van der Waals surface area contributed by atoms with E-state index in [2.05, 4.69) is 26.2 Å². The van der Waals surface area contributed by atoms with Crippen molar-refractivity contribution in [3.63, 3.8) is 0 Å². The van der Waals surface area contributed by atoms with Gasteiger partial charge in [-0.2, -0.15) is 0 Å². The van der Waals surface area contributed by atoms with Crippen LogP contribution in [0.5, 0.6) is 0 Å². The summed E-state index contributed by atoms with van der Waals surface area (Å²) >= 11 is 3.42. The number of hydrogen-bond acceptors (Lipinski definition) is 3. The van der Waals surface area contributed by atoms with Crippen molar-refractivity contribution in [1.82, 2.24) is 20.1 Å². The number of aromatic nitrogens is 1. The zero-order valence-corrected chi connectivity index (χ0v) is 13.0. The molecule has 2 amide bonds. The minimum absolute atomic E-state index is 0.178. The molecule has 2 aliphatic heterocycles. The van der Waals surface area contributed by atoms with Gasteiger partial charge in [0.25, 0.3) is 0 Å². The third-order valence-corrected chi connectivity index (χ3v) is 4.45. The van der Waals surface area contributed by atoms with Gasteiger partial charge in [-0.15, -0.1) is 0 Å². The highest BCUT2D eigenvalue weighted by Crippen LogP contribution is 2.21. The number of halogens is 1. The van der Waals surface area contributed by atoms with Crippen molar-refractivity contribution in [1.29, 1.82) is 0 Å². The Morgan fingerprint density at radius 2 is 2.10 bits per heavy atom. The Morgan fingerprint density at radius 3 is 2.85 bits per heavy atom. The number of hydrogen-bond donors (Lipinski definition) is 1. The molecule has 0 aromatic carbocycles. The van der Waals surface area contributed by atoms with Crippen molar-refractivity contribution in [2.75, 3.05) is 26.2 Å². The molecular weight excluding hydrogens is 320 g/mol. The molecule has 0 unspecified atom stereocenters. The number of urea groups is 1. The average Bonchev–Trinajstić information content (AvgIpc) is 2.81. The van der Waals surface area contributed by atoms with Crippen LogP contribution in [-0.4, -0.2) is 53.0 Å². The fraction of sp³-hybridized carbons (Fsp3) is 0.571. The van der Waals surface area contributed by atoms with Crippen LogP contribution in [0.15, 0.2) is 22.9 Å². The second-order valence-corrected chi connectivity index (χ2v) is 6.31. The molecule has 6 heteroatoms. The van der Waals surface area contributed by atoms with E-state index in [1.54, 1.807) is 6.20 Å². The largest absolute Gasteiger partial charge is 0.320 e. The minimum Gasteiger partial charge on any atom is -0.320 e. The molecule has 0 aliphatic carbocycles. The molecule has 20 heavy (non-hydrogen) atoms. The van der Waals surface area contributed by atoms with E-state index in [-0.39, 0.29) is 6.03 Å². The molecule has 0 saturated carbocycles. The number of nitrogens with one attached hydrogen (secondary N) is 1. The lowest BCUT2D eigenvalue weighted by Gasteiger charge is -2.31. The SMILES string of the molecule is O=C1N(Cc2cncc(Br)c2)CCN1C1CCNCC1. The predicted octanol–water partition coefficient (Wildman–Crippen LogP) is 1.83. The topological polar surface area (TPSA) is 48.5 Å². The number of carbonyl (C=O) groups excluding carboxylic acids is 1. The van der Waals surface area contributed by atoms with Gasteiger partial charge in [-0.3, -0.25) is 4.98 Å². The molecule has 1 N–H and O–H groups in total. The number of piperidine rings is 1. The molecule has 2 fully saturated rings. The molecule has 1 aromatic rings. The van der Waals surface area contributed by atoms with Crippen LogP contribution in [-0.2, 0) is 6.54 Å². The molecule has 0 radical (unpaired) electrons. The first-order valence-electron chi connectivity index (χ1n) is 7.10. The van der Waals surface area contributed by atoms with E-state index in [0.29, 0.717) is 12.6 Å². The van der Waals surface area contributed by atoms with E-state index in [4.69, 9.17) is 0 Å². The maximum absolute atomic E-state index is 12.5. The maximum atomic E-state index is 12.5. The van der Waals surface area contributed by atoms with Gasteiger partial charge in [-0.1, -0.05) is 0 Å². The average molecular weight is 339 g/mol. The van der Waals surface area contributed by atoms with Crippen molar-refractivity contribution in [3.8, 4) is 0 Å². The Labute approximate surface area is 127 Å². The molecule has 3 rings (SSSR count). The normalized spacial score (nSPS) is 20.8.